The second-order valence-electron chi connectivity index (χ2n) is 5.95. The van der Waals surface area contributed by atoms with Gasteiger partial charge in [0.05, 0.1) is 19.6 Å². The number of benzene rings is 1. The molecule has 0 N–H and O–H groups in total. The molecule has 1 aliphatic heterocycles. The maximum Gasteiger partial charge on any atom is 0.308 e. The van der Waals surface area contributed by atoms with Crippen LogP contribution in [0.2, 0.25) is 5.02 Å². The van der Waals surface area contributed by atoms with Crippen LogP contribution in [0, 0.1) is 5.92 Å². The molecule has 0 bridgehead atoms. The number of ether oxygens (including phenoxy) is 1. The van der Waals surface area contributed by atoms with E-state index in [2.05, 4.69) is 15.0 Å². The van der Waals surface area contributed by atoms with Gasteiger partial charge in [-0.05, 0) is 37.6 Å². The van der Waals surface area contributed by atoms with Gasteiger partial charge in [-0.25, -0.2) is 0 Å². The molecule has 1 aliphatic rings. The van der Waals surface area contributed by atoms with Gasteiger partial charge in [-0.2, -0.15) is 4.98 Å². The van der Waals surface area contributed by atoms with Crippen molar-refractivity contribution in [1.29, 1.82) is 0 Å². The predicted molar refractivity (Wildman–Crippen MR) is 88.6 cm³/mol. The summed E-state index contributed by atoms with van der Waals surface area (Å²) in [7, 11) is 1.44. The third-order valence-electron chi connectivity index (χ3n) is 4.30. The first-order chi connectivity index (χ1) is 11.7. The molecule has 128 valence electrons. The average Bonchev–Trinajstić information content (AvgIpc) is 3.04. The first kappa shape index (κ1) is 16.9. The van der Waals surface area contributed by atoms with Gasteiger partial charge in [-0.1, -0.05) is 35.0 Å². The normalized spacial score (nSPS) is 16.2. The van der Waals surface area contributed by atoms with Gasteiger partial charge >= 0.3 is 5.97 Å². The van der Waals surface area contributed by atoms with E-state index < -0.39 is 0 Å². The molecule has 6 nitrogen and oxygen atoms in total. The lowest BCUT2D eigenvalue weighted by Crippen LogP contribution is -2.36. The van der Waals surface area contributed by atoms with Gasteiger partial charge in [0, 0.05) is 11.4 Å². The van der Waals surface area contributed by atoms with Gasteiger partial charge in [-0.3, -0.25) is 9.69 Å². The molecule has 0 spiro atoms. The van der Waals surface area contributed by atoms with E-state index in [9.17, 15) is 4.79 Å². The molecular weight excluding hydrogens is 330 g/mol. The van der Waals surface area contributed by atoms with Crippen LogP contribution in [0.15, 0.2) is 28.8 Å². The van der Waals surface area contributed by atoms with E-state index in [1.807, 2.05) is 24.3 Å². The number of aromatic nitrogens is 2. The van der Waals surface area contributed by atoms with Crippen LogP contribution in [0.4, 0.5) is 0 Å². The van der Waals surface area contributed by atoms with Crippen LogP contribution in [0.3, 0.4) is 0 Å². The van der Waals surface area contributed by atoms with Gasteiger partial charge in [0.25, 0.3) is 0 Å². The maximum atomic E-state index is 11.5. The van der Waals surface area contributed by atoms with E-state index in [1.165, 1.54) is 7.11 Å². The summed E-state index contributed by atoms with van der Waals surface area (Å²) in [6, 6.07) is 7.64. The number of hydrogen-bond donors (Lipinski definition) is 0. The van der Waals surface area contributed by atoms with Crippen molar-refractivity contribution in [3.63, 3.8) is 0 Å². The van der Waals surface area contributed by atoms with Gasteiger partial charge in [0.2, 0.25) is 5.89 Å². The predicted octanol–water partition coefficient (Wildman–Crippen LogP) is 2.70. The maximum absolute atomic E-state index is 11.5. The Kier molecular flexibility index (Phi) is 5.48. The molecule has 0 radical (unpaired) electrons. The van der Waals surface area contributed by atoms with Gasteiger partial charge in [0.1, 0.15) is 0 Å². The van der Waals surface area contributed by atoms with Crippen LogP contribution in [-0.2, 0) is 22.5 Å². The van der Waals surface area contributed by atoms with E-state index >= 15 is 0 Å². The second-order valence-corrected chi connectivity index (χ2v) is 6.35. The second kappa shape index (κ2) is 7.77. The Morgan fingerprint density at radius 1 is 1.38 bits per heavy atom. The zero-order valence-electron chi connectivity index (χ0n) is 13.6. The number of carbonyl (C=O) groups is 1. The van der Waals surface area contributed by atoms with Crippen LogP contribution in [0.1, 0.15) is 30.1 Å². The van der Waals surface area contributed by atoms with Crippen molar-refractivity contribution in [2.75, 3.05) is 20.2 Å². The third kappa shape index (κ3) is 4.13. The molecule has 0 saturated carbocycles. The Bertz CT molecular complexity index is 696. The SMILES string of the molecule is COC(=O)C1CCN(Cc2nc(Cc3ccccc3Cl)no2)CC1. The zero-order chi connectivity index (χ0) is 16.9. The highest BCUT2D eigenvalue weighted by atomic mass is 35.5. The summed E-state index contributed by atoms with van der Waals surface area (Å²) in [6.45, 7) is 2.24. The smallest absolute Gasteiger partial charge is 0.308 e. The lowest BCUT2D eigenvalue weighted by atomic mass is 9.97. The van der Waals surface area contributed by atoms with E-state index in [1.54, 1.807) is 0 Å². The fourth-order valence-electron chi connectivity index (χ4n) is 2.92. The molecule has 2 aromatic rings. The third-order valence-corrected chi connectivity index (χ3v) is 4.67. The molecule has 24 heavy (non-hydrogen) atoms. The number of nitrogens with zero attached hydrogens (tertiary/aromatic N) is 3. The number of carbonyl (C=O) groups excluding carboxylic acids is 1. The van der Waals surface area contributed by atoms with Crippen molar-refractivity contribution in [2.24, 2.45) is 5.92 Å². The van der Waals surface area contributed by atoms with E-state index in [-0.39, 0.29) is 11.9 Å². The summed E-state index contributed by atoms with van der Waals surface area (Å²) >= 11 is 6.16. The number of hydrogen-bond acceptors (Lipinski definition) is 6. The summed E-state index contributed by atoms with van der Waals surface area (Å²) in [5, 5.41) is 4.73. The summed E-state index contributed by atoms with van der Waals surface area (Å²) in [4.78, 5) is 18.2. The molecule has 0 atom stereocenters. The molecule has 3 rings (SSSR count). The van der Waals surface area contributed by atoms with Crippen LogP contribution in [0.25, 0.3) is 0 Å². The number of halogens is 1. The van der Waals surface area contributed by atoms with Gasteiger partial charge < -0.3 is 9.26 Å². The lowest BCUT2D eigenvalue weighted by molar-refractivity contribution is -0.147. The Hall–Kier alpha value is -1.92. The minimum absolute atomic E-state index is 0.00437. The van der Waals surface area contributed by atoms with Crippen molar-refractivity contribution in [1.82, 2.24) is 15.0 Å². The standard InChI is InChI=1S/C17H20ClN3O3/c1-23-17(22)12-6-8-21(9-7-12)11-16-19-15(20-24-16)10-13-4-2-3-5-14(13)18/h2-5,12H,6-11H2,1H3. The molecule has 1 aromatic heterocycles. The highest BCUT2D eigenvalue weighted by molar-refractivity contribution is 6.31. The number of piperidine rings is 1. The fraction of sp³-hybridized carbons (Fsp3) is 0.471. The van der Waals surface area contributed by atoms with Crippen LogP contribution < -0.4 is 0 Å². The molecule has 2 heterocycles. The summed E-state index contributed by atoms with van der Waals surface area (Å²) in [6.07, 6.45) is 2.15. The monoisotopic (exact) mass is 349 g/mol. The largest absolute Gasteiger partial charge is 0.469 e. The first-order valence-electron chi connectivity index (χ1n) is 8.00. The summed E-state index contributed by atoms with van der Waals surface area (Å²) < 4.78 is 10.1. The summed E-state index contributed by atoms with van der Waals surface area (Å²) in [5.74, 6) is 1.11. The Balaban J connectivity index is 1.54. The Labute approximate surface area is 145 Å². The van der Waals surface area contributed by atoms with Crippen LogP contribution >= 0.6 is 11.6 Å². The highest BCUT2D eigenvalue weighted by Crippen LogP contribution is 2.21. The van der Waals surface area contributed by atoms with Crippen molar-refractivity contribution in [3.05, 3.63) is 46.6 Å². The molecule has 7 heteroatoms. The molecule has 0 unspecified atom stereocenters. The molecular formula is C17H20ClN3O3. The number of methoxy groups -OCH3 is 1. The van der Waals surface area contributed by atoms with E-state index in [0.717, 1.165) is 31.5 Å². The minimum Gasteiger partial charge on any atom is -0.469 e. The lowest BCUT2D eigenvalue weighted by Gasteiger charge is -2.29. The van der Waals surface area contributed by atoms with Crippen LogP contribution in [0.5, 0.6) is 0 Å². The zero-order valence-corrected chi connectivity index (χ0v) is 14.3. The number of rotatable bonds is 5. The number of esters is 1. The molecule has 1 fully saturated rings. The van der Waals surface area contributed by atoms with Crippen molar-refractivity contribution in [3.8, 4) is 0 Å². The van der Waals surface area contributed by atoms with Crippen molar-refractivity contribution in [2.45, 2.75) is 25.8 Å². The molecule has 0 amide bonds. The molecule has 1 saturated heterocycles. The van der Waals surface area contributed by atoms with E-state index in [4.69, 9.17) is 20.9 Å². The number of likely N-dealkylation sites (tertiary alicyclic amines) is 1. The fourth-order valence-corrected chi connectivity index (χ4v) is 3.13. The molecule has 0 aliphatic carbocycles. The first-order valence-corrected chi connectivity index (χ1v) is 8.38. The van der Waals surface area contributed by atoms with Crippen molar-refractivity contribution >= 4 is 17.6 Å². The van der Waals surface area contributed by atoms with Gasteiger partial charge in [-0.15, -0.1) is 0 Å². The van der Waals surface area contributed by atoms with Crippen LogP contribution in [-0.4, -0.2) is 41.2 Å². The van der Waals surface area contributed by atoms with E-state index in [0.29, 0.717) is 29.7 Å². The quantitative estimate of drug-likeness (QED) is 0.773. The van der Waals surface area contributed by atoms with Crippen molar-refractivity contribution < 1.29 is 14.1 Å². The Morgan fingerprint density at radius 2 is 2.12 bits per heavy atom. The average molecular weight is 350 g/mol. The topological polar surface area (TPSA) is 68.5 Å². The van der Waals surface area contributed by atoms with Gasteiger partial charge in [0.15, 0.2) is 5.82 Å². The minimum atomic E-state index is -0.116. The summed E-state index contributed by atoms with van der Waals surface area (Å²) in [5.41, 5.74) is 0.977. The molecule has 1 aromatic carbocycles. The highest BCUT2D eigenvalue weighted by Gasteiger charge is 2.26. The Morgan fingerprint density at radius 3 is 2.83 bits per heavy atom.